The molecule has 44 heavy (non-hydrogen) atoms. The van der Waals surface area contributed by atoms with Crippen molar-refractivity contribution in [3.63, 3.8) is 0 Å². The van der Waals surface area contributed by atoms with Crippen LogP contribution in [0.25, 0.3) is 22.3 Å². The van der Waals surface area contributed by atoms with Gasteiger partial charge in [0, 0.05) is 10.9 Å². The largest absolute Gasteiger partial charge is 0.454 e. The number of rotatable bonds is 7. The van der Waals surface area contributed by atoms with Crippen molar-refractivity contribution in [3.05, 3.63) is 119 Å². The summed E-state index contributed by atoms with van der Waals surface area (Å²) < 4.78 is 88.2. The van der Waals surface area contributed by atoms with Gasteiger partial charge in [0.25, 0.3) is 0 Å². The van der Waals surface area contributed by atoms with Gasteiger partial charge in [-0.25, -0.2) is 14.2 Å². The molecule has 0 aliphatic rings. The lowest BCUT2D eigenvalue weighted by molar-refractivity contribution is -0.138. The van der Waals surface area contributed by atoms with Crippen LogP contribution in [0.1, 0.15) is 33.0 Å². The molecular weight excluding hydrogens is 592 g/mol. The van der Waals surface area contributed by atoms with Crippen LogP contribution in [-0.2, 0) is 30.2 Å². The van der Waals surface area contributed by atoms with E-state index in [-0.39, 0.29) is 35.9 Å². The summed E-state index contributed by atoms with van der Waals surface area (Å²) in [6.07, 6.45) is -6.24. The highest BCUT2D eigenvalue weighted by Crippen LogP contribution is 2.31. The Bertz CT molecular complexity index is 1970. The average Bonchev–Trinajstić information content (AvgIpc) is 3.75. The average molecular weight is 612 g/mol. The van der Waals surface area contributed by atoms with Gasteiger partial charge >= 0.3 is 18.3 Å². The van der Waals surface area contributed by atoms with Gasteiger partial charge in [0.15, 0.2) is 0 Å². The smallest absolute Gasteiger partial charge is 0.416 e. The highest BCUT2D eigenvalue weighted by Gasteiger charge is 2.31. The second-order valence-electron chi connectivity index (χ2n) is 9.66. The summed E-state index contributed by atoms with van der Waals surface area (Å²) in [5.74, 6) is -0.722. The number of alkyl halides is 6. The molecule has 6 aromatic rings. The number of esters is 1. The molecule has 0 bridgehead atoms. The third kappa shape index (κ3) is 5.88. The molecule has 0 atom stereocenters. The molecule has 9 nitrogen and oxygen atoms in total. The molecule has 0 aliphatic heterocycles. The molecule has 0 spiro atoms. The molecule has 15 heteroatoms. The minimum absolute atomic E-state index is 0.0443. The van der Waals surface area contributed by atoms with Gasteiger partial charge in [0.1, 0.15) is 23.7 Å². The number of hydrogen-bond donors (Lipinski definition) is 0. The standard InChI is InChI=1S/C29H19F6N7O2/c30-28(31,32)19-6-3-8-23(12-19)41-15-21(36-38-41)14-40-25-10-2-1-5-18(25)11-26(40)27(43)44-17-22-16-42(39-37-22)24-9-4-7-20(13-24)29(33,34)35/h1-13,15-16H,14,17H2. The first-order valence-electron chi connectivity index (χ1n) is 12.9. The predicted octanol–water partition coefficient (Wildman–Crippen LogP) is 6.25. The Balaban J connectivity index is 1.21. The Morgan fingerprint density at radius 2 is 1.27 bits per heavy atom. The number of fused-ring (bicyclic) bond motifs is 1. The number of benzene rings is 3. The molecule has 0 unspecified atom stereocenters. The molecule has 3 aromatic heterocycles. The third-order valence-electron chi connectivity index (χ3n) is 6.65. The van der Waals surface area contributed by atoms with E-state index in [2.05, 4.69) is 20.6 Å². The van der Waals surface area contributed by atoms with Gasteiger partial charge in [-0.15, -0.1) is 10.2 Å². The Labute approximate surface area is 243 Å². The van der Waals surface area contributed by atoms with Crippen LogP contribution in [-0.4, -0.2) is 40.5 Å². The van der Waals surface area contributed by atoms with Crippen LogP contribution in [0.2, 0.25) is 0 Å². The van der Waals surface area contributed by atoms with E-state index in [0.717, 1.165) is 34.3 Å². The van der Waals surface area contributed by atoms with Crippen molar-refractivity contribution in [1.29, 1.82) is 0 Å². The van der Waals surface area contributed by atoms with Gasteiger partial charge in [0.05, 0.1) is 41.4 Å². The van der Waals surface area contributed by atoms with Gasteiger partial charge in [-0.1, -0.05) is 40.8 Å². The molecule has 3 aromatic carbocycles. The van der Waals surface area contributed by atoms with Crippen molar-refractivity contribution in [3.8, 4) is 11.4 Å². The highest BCUT2D eigenvalue weighted by molar-refractivity contribution is 5.95. The molecule has 0 N–H and O–H groups in total. The molecule has 0 saturated heterocycles. The summed E-state index contributed by atoms with van der Waals surface area (Å²) in [4.78, 5) is 13.2. The van der Waals surface area contributed by atoms with Gasteiger partial charge < -0.3 is 9.30 Å². The van der Waals surface area contributed by atoms with E-state index in [1.54, 1.807) is 34.9 Å². The predicted molar refractivity (Wildman–Crippen MR) is 143 cm³/mol. The molecule has 0 radical (unpaired) electrons. The van der Waals surface area contributed by atoms with Crippen LogP contribution in [0.5, 0.6) is 0 Å². The minimum atomic E-state index is -4.53. The Morgan fingerprint density at radius 1 is 0.705 bits per heavy atom. The fourth-order valence-electron chi connectivity index (χ4n) is 4.56. The zero-order valence-electron chi connectivity index (χ0n) is 22.3. The summed E-state index contributed by atoms with van der Waals surface area (Å²) in [6, 6.07) is 17.9. The first-order valence-corrected chi connectivity index (χ1v) is 12.9. The van der Waals surface area contributed by atoms with Crippen LogP contribution in [0.15, 0.2) is 91.3 Å². The van der Waals surface area contributed by atoms with Crippen LogP contribution in [0.4, 0.5) is 26.3 Å². The second-order valence-corrected chi connectivity index (χ2v) is 9.66. The Kier molecular flexibility index (Phi) is 7.15. The van der Waals surface area contributed by atoms with E-state index >= 15 is 0 Å². The number of carbonyl (C=O) groups excluding carboxylic acids is 1. The monoisotopic (exact) mass is 611 g/mol. The number of para-hydroxylation sites is 1. The van der Waals surface area contributed by atoms with Crippen molar-refractivity contribution < 1.29 is 35.9 Å². The van der Waals surface area contributed by atoms with Crippen molar-refractivity contribution >= 4 is 16.9 Å². The lowest BCUT2D eigenvalue weighted by Crippen LogP contribution is -2.13. The topological polar surface area (TPSA) is 92.7 Å². The Morgan fingerprint density at radius 3 is 1.89 bits per heavy atom. The summed E-state index contributed by atoms with van der Waals surface area (Å²) >= 11 is 0. The number of ether oxygens (including phenoxy) is 1. The number of nitrogens with zero attached hydrogens (tertiary/aromatic N) is 7. The summed E-state index contributed by atoms with van der Waals surface area (Å²) in [5, 5.41) is 16.5. The second kappa shape index (κ2) is 11.0. The van der Waals surface area contributed by atoms with Crippen molar-refractivity contribution in [2.24, 2.45) is 0 Å². The van der Waals surface area contributed by atoms with Crippen LogP contribution < -0.4 is 0 Å². The highest BCUT2D eigenvalue weighted by atomic mass is 19.4. The number of aromatic nitrogens is 7. The molecule has 0 saturated carbocycles. The maximum atomic E-state index is 13.2. The van der Waals surface area contributed by atoms with Crippen molar-refractivity contribution in [1.82, 2.24) is 34.6 Å². The van der Waals surface area contributed by atoms with Crippen LogP contribution >= 0.6 is 0 Å². The van der Waals surface area contributed by atoms with E-state index < -0.39 is 29.4 Å². The lowest BCUT2D eigenvalue weighted by Gasteiger charge is -2.09. The maximum Gasteiger partial charge on any atom is 0.416 e. The van der Waals surface area contributed by atoms with E-state index in [1.165, 1.54) is 41.3 Å². The first-order chi connectivity index (χ1) is 21.0. The fraction of sp³-hybridized carbons (Fsp3) is 0.138. The molecule has 6 rings (SSSR count). The number of carbonyl (C=O) groups is 1. The van der Waals surface area contributed by atoms with Crippen molar-refractivity contribution in [2.45, 2.75) is 25.5 Å². The molecule has 0 fully saturated rings. The zero-order chi connectivity index (χ0) is 31.1. The third-order valence-corrected chi connectivity index (χ3v) is 6.65. The van der Waals surface area contributed by atoms with Crippen LogP contribution in [0.3, 0.4) is 0 Å². The normalized spacial score (nSPS) is 12.1. The van der Waals surface area contributed by atoms with Gasteiger partial charge in [-0.3, -0.25) is 0 Å². The molecule has 0 aliphatic carbocycles. The van der Waals surface area contributed by atoms with Crippen molar-refractivity contribution in [2.75, 3.05) is 0 Å². The van der Waals surface area contributed by atoms with Gasteiger partial charge in [0.2, 0.25) is 0 Å². The van der Waals surface area contributed by atoms with Gasteiger partial charge in [-0.05, 0) is 48.5 Å². The van der Waals surface area contributed by atoms with Crippen LogP contribution in [0, 0.1) is 0 Å². The van der Waals surface area contributed by atoms with E-state index in [9.17, 15) is 31.1 Å². The molecular formula is C29H19F6N7O2. The summed E-state index contributed by atoms with van der Waals surface area (Å²) in [7, 11) is 0. The summed E-state index contributed by atoms with van der Waals surface area (Å²) in [5.41, 5.74) is -0.000542. The molecule has 3 heterocycles. The molecule has 224 valence electrons. The van der Waals surface area contributed by atoms with E-state index in [0.29, 0.717) is 11.2 Å². The minimum Gasteiger partial charge on any atom is -0.454 e. The zero-order valence-corrected chi connectivity index (χ0v) is 22.3. The number of halogens is 6. The lowest BCUT2D eigenvalue weighted by atomic mass is 10.2. The maximum absolute atomic E-state index is 13.2. The van der Waals surface area contributed by atoms with E-state index in [1.807, 2.05) is 0 Å². The number of hydrogen-bond acceptors (Lipinski definition) is 6. The quantitative estimate of drug-likeness (QED) is 0.157. The van der Waals surface area contributed by atoms with Gasteiger partial charge in [-0.2, -0.15) is 26.3 Å². The molecule has 0 amide bonds. The Hall–Kier alpha value is -5.47. The summed E-state index contributed by atoms with van der Waals surface area (Å²) in [6.45, 7) is -0.270. The fourth-order valence-corrected chi connectivity index (χ4v) is 4.56. The first kappa shape index (κ1) is 28.6. The van der Waals surface area contributed by atoms with E-state index in [4.69, 9.17) is 4.74 Å². The SMILES string of the molecule is O=C(OCc1cn(-c2cccc(C(F)(F)F)c2)nn1)c1cc2ccccc2n1Cc1cn(-c2cccc(C(F)(F)F)c2)nn1.